The molecular weight excluding hydrogens is 476 g/mol. The predicted molar refractivity (Wildman–Crippen MR) is 140 cm³/mol. The number of esters is 1. The zero-order valence-electron chi connectivity index (χ0n) is 21.7. The van der Waals surface area contributed by atoms with Gasteiger partial charge >= 0.3 is 5.97 Å². The topological polar surface area (TPSA) is 87.2 Å². The Morgan fingerprint density at radius 3 is 2.58 bits per heavy atom. The Kier molecular flexibility index (Phi) is 7.58. The van der Waals surface area contributed by atoms with Crippen LogP contribution in [0.2, 0.25) is 0 Å². The van der Waals surface area contributed by atoms with Crippen molar-refractivity contribution in [3.8, 4) is 0 Å². The third-order valence-electron chi connectivity index (χ3n) is 8.14. The Hall–Kier alpha value is -2.32. The molecule has 6 atom stereocenters. The van der Waals surface area contributed by atoms with E-state index in [-0.39, 0.29) is 37.0 Å². The van der Waals surface area contributed by atoms with E-state index in [9.17, 15) is 19.5 Å². The van der Waals surface area contributed by atoms with Crippen molar-refractivity contribution >= 4 is 29.5 Å². The van der Waals surface area contributed by atoms with Crippen LogP contribution >= 0.6 is 11.8 Å². The van der Waals surface area contributed by atoms with Crippen LogP contribution in [0.1, 0.15) is 46.1 Å². The Morgan fingerprint density at radius 1 is 1.31 bits per heavy atom. The summed E-state index contributed by atoms with van der Waals surface area (Å²) in [5, 5.41) is 10.5. The zero-order chi connectivity index (χ0) is 26.3. The molecule has 36 heavy (non-hydrogen) atoms. The summed E-state index contributed by atoms with van der Waals surface area (Å²) in [6.07, 6.45) is 3.51. The molecule has 2 unspecified atom stereocenters. The fraction of sp³-hybridized carbons (Fsp3) is 0.607. The first kappa shape index (κ1) is 26.7. The van der Waals surface area contributed by atoms with E-state index in [1.165, 1.54) is 0 Å². The Balaban J connectivity index is 1.82. The van der Waals surface area contributed by atoms with Gasteiger partial charge in [0, 0.05) is 17.3 Å². The van der Waals surface area contributed by atoms with Gasteiger partial charge in [-0.05, 0) is 52.5 Å². The summed E-state index contributed by atoms with van der Waals surface area (Å²) < 4.78 is 4.25. The van der Waals surface area contributed by atoms with E-state index in [1.54, 1.807) is 34.6 Å². The summed E-state index contributed by atoms with van der Waals surface area (Å²) in [6, 6.07) is 8.23. The SMILES string of the molecule is C=CCN(C(=O)C1N([C@@H](CO)Cc2ccccc2)C(=O)[C@@H]2[C@H](C(=O)OCC)[C@]3(C)CCC12S3)C(C)C. The maximum Gasteiger partial charge on any atom is 0.311 e. The Labute approximate surface area is 218 Å². The summed E-state index contributed by atoms with van der Waals surface area (Å²) >= 11 is 1.62. The van der Waals surface area contributed by atoms with Crippen LogP contribution in [0.3, 0.4) is 0 Å². The number of nitrogens with zero attached hydrogens (tertiary/aromatic N) is 2. The van der Waals surface area contributed by atoms with Gasteiger partial charge in [0.05, 0.1) is 35.8 Å². The fourth-order valence-electron chi connectivity index (χ4n) is 6.61. The summed E-state index contributed by atoms with van der Waals surface area (Å²) in [6.45, 7) is 11.9. The van der Waals surface area contributed by atoms with Crippen LogP contribution in [0.5, 0.6) is 0 Å². The Bertz CT molecular complexity index is 1020. The molecule has 1 spiro atoms. The minimum Gasteiger partial charge on any atom is -0.466 e. The largest absolute Gasteiger partial charge is 0.466 e. The van der Waals surface area contributed by atoms with Gasteiger partial charge in [0.25, 0.3) is 0 Å². The van der Waals surface area contributed by atoms with Crippen LogP contribution in [0.25, 0.3) is 0 Å². The number of ether oxygens (including phenoxy) is 1. The van der Waals surface area contributed by atoms with Crippen molar-refractivity contribution in [2.24, 2.45) is 11.8 Å². The van der Waals surface area contributed by atoms with E-state index in [0.717, 1.165) is 12.0 Å². The third kappa shape index (κ3) is 4.16. The second kappa shape index (κ2) is 10.2. The van der Waals surface area contributed by atoms with Crippen molar-refractivity contribution in [3.05, 3.63) is 48.6 Å². The highest BCUT2D eigenvalue weighted by Gasteiger charge is 2.78. The molecule has 0 radical (unpaired) electrons. The molecule has 3 fully saturated rings. The third-order valence-corrected chi connectivity index (χ3v) is 10.1. The Morgan fingerprint density at radius 2 is 2.00 bits per heavy atom. The number of carbonyl (C=O) groups is 3. The molecule has 3 aliphatic heterocycles. The monoisotopic (exact) mass is 514 g/mol. The number of hydrogen-bond donors (Lipinski definition) is 1. The van der Waals surface area contributed by atoms with Crippen LogP contribution in [0.15, 0.2) is 43.0 Å². The molecule has 196 valence electrons. The number of aliphatic hydroxyl groups excluding tert-OH is 1. The summed E-state index contributed by atoms with van der Waals surface area (Å²) in [5.41, 5.74) is 0.975. The standard InChI is InChI=1S/C28H38N2O5S/c1-6-15-29(18(3)4)25(33)23-28-14-13-27(5,36-28)22(26(34)35-7-2)21(28)24(32)30(23)20(17-31)16-19-11-9-8-10-12-19/h6,8-12,18,20-23,31H,1,7,13-17H2,2-5H3/t20-,21+,22-,23?,27+,28?/m1/s1. The first-order chi connectivity index (χ1) is 17.1. The quantitative estimate of drug-likeness (QED) is 0.382. The molecular formula is C28H38N2O5S. The number of likely N-dealkylation sites (tertiary alicyclic amines) is 1. The number of rotatable bonds is 10. The molecule has 3 saturated heterocycles. The molecule has 1 aromatic rings. The number of hydrogen-bond acceptors (Lipinski definition) is 6. The van der Waals surface area contributed by atoms with Crippen molar-refractivity contribution in [1.29, 1.82) is 0 Å². The van der Waals surface area contributed by atoms with Crippen molar-refractivity contribution < 1.29 is 24.2 Å². The lowest BCUT2D eigenvalue weighted by molar-refractivity contribution is -0.155. The van der Waals surface area contributed by atoms with E-state index < -0.39 is 33.4 Å². The molecule has 7 nitrogen and oxygen atoms in total. The molecule has 4 rings (SSSR count). The average Bonchev–Trinajstić information content (AvgIpc) is 3.42. The van der Waals surface area contributed by atoms with Gasteiger partial charge in [0.1, 0.15) is 6.04 Å². The van der Waals surface area contributed by atoms with E-state index in [4.69, 9.17) is 4.74 Å². The zero-order valence-corrected chi connectivity index (χ0v) is 22.5. The molecule has 0 aliphatic carbocycles. The van der Waals surface area contributed by atoms with Gasteiger partial charge in [0.2, 0.25) is 11.8 Å². The average molecular weight is 515 g/mol. The molecule has 2 amide bonds. The number of fused-ring (bicyclic) bond motifs is 1. The van der Waals surface area contributed by atoms with Gasteiger partial charge < -0.3 is 19.6 Å². The molecule has 0 aromatic heterocycles. The smallest absolute Gasteiger partial charge is 0.311 e. The van der Waals surface area contributed by atoms with E-state index in [2.05, 4.69) is 6.58 Å². The van der Waals surface area contributed by atoms with Crippen LogP contribution < -0.4 is 0 Å². The molecule has 8 heteroatoms. The minimum atomic E-state index is -0.774. The first-order valence-electron chi connectivity index (χ1n) is 12.9. The van der Waals surface area contributed by atoms with Gasteiger partial charge in [-0.1, -0.05) is 36.4 Å². The summed E-state index contributed by atoms with van der Waals surface area (Å²) in [4.78, 5) is 45.2. The maximum absolute atomic E-state index is 14.3. The number of aliphatic hydroxyl groups is 1. The summed E-state index contributed by atoms with van der Waals surface area (Å²) in [7, 11) is 0. The minimum absolute atomic E-state index is 0.0929. The van der Waals surface area contributed by atoms with Crippen molar-refractivity contribution in [3.63, 3.8) is 0 Å². The lowest BCUT2D eigenvalue weighted by Crippen LogP contribution is -2.58. The number of benzene rings is 1. The maximum atomic E-state index is 14.3. The molecule has 0 saturated carbocycles. The highest BCUT2D eigenvalue weighted by Crippen LogP contribution is 2.71. The van der Waals surface area contributed by atoms with E-state index in [1.807, 2.05) is 51.1 Å². The highest BCUT2D eigenvalue weighted by molar-refractivity contribution is 8.02. The van der Waals surface area contributed by atoms with Crippen LogP contribution in [0, 0.1) is 11.8 Å². The second-order valence-electron chi connectivity index (χ2n) is 10.6. The van der Waals surface area contributed by atoms with Crippen molar-refractivity contribution in [2.75, 3.05) is 19.8 Å². The molecule has 2 bridgehead atoms. The second-order valence-corrected chi connectivity index (χ2v) is 12.5. The van der Waals surface area contributed by atoms with Gasteiger partial charge in [-0.25, -0.2) is 0 Å². The number of amides is 2. The predicted octanol–water partition coefficient (Wildman–Crippen LogP) is 3.06. The molecule has 3 heterocycles. The number of thioether (sulfide) groups is 1. The van der Waals surface area contributed by atoms with Crippen LogP contribution in [-0.4, -0.2) is 80.1 Å². The number of carbonyl (C=O) groups excluding carboxylic acids is 3. The lowest BCUT2D eigenvalue weighted by Gasteiger charge is -2.40. The lowest BCUT2D eigenvalue weighted by atomic mass is 9.66. The first-order valence-corrected chi connectivity index (χ1v) is 13.7. The van der Waals surface area contributed by atoms with E-state index in [0.29, 0.717) is 19.4 Å². The van der Waals surface area contributed by atoms with Crippen LogP contribution in [-0.2, 0) is 25.5 Å². The fourth-order valence-corrected chi connectivity index (χ4v) is 8.94. The van der Waals surface area contributed by atoms with Crippen molar-refractivity contribution in [2.45, 2.75) is 74.6 Å². The highest BCUT2D eigenvalue weighted by atomic mass is 32.2. The summed E-state index contributed by atoms with van der Waals surface area (Å²) in [5.74, 6) is -2.01. The molecule has 3 aliphatic rings. The van der Waals surface area contributed by atoms with Gasteiger partial charge in [-0.2, -0.15) is 0 Å². The van der Waals surface area contributed by atoms with Crippen LogP contribution in [0.4, 0.5) is 0 Å². The normalized spacial score (nSPS) is 31.4. The van der Waals surface area contributed by atoms with Gasteiger partial charge in [-0.15, -0.1) is 18.3 Å². The van der Waals surface area contributed by atoms with Crippen molar-refractivity contribution in [1.82, 2.24) is 9.80 Å². The molecule has 1 N–H and O–H groups in total. The van der Waals surface area contributed by atoms with Gasteiger partial charge in [-0.3, -0.25) is 14.4 Å². The molecule has 1 aromatic carbocycles. The van der Waals surface area contributed by atoms with Gasteiger partial charge in [0.15, 0.2) is 0 Å². The van der Waals surface area contributed by atoms with E-state index >= 15 is 0 Å².